The lowest BCUT2D eigenvalue weighted by atomic mass is 10.2. The van der Waals surface area contributed by atoms with Crippen LogP contribution in [0.5, 0.6) is 0 Å². The van der Waals surface area contributed by atoms with E-state index < -0.39 is 0 Å². The van der Waals surface area contributed by atoms with E-state index in [1.54, 1.807) is 6.07 Å². The van der Waals surface area contributed by atoms with E-state index in [0.29, 0.717) is 33.9 Å². The van der Waals surface area contributed by atoms with E-state index in [4.69, 9.17) is 23.2 Å². The van der Waals surface area contributed by atoms with Crippen molar-refractivity contribution >= 4 is 57.5 Å². The minimum Gasteiger partial charge on any atom is -0.337 e. The van der Waals surface area contributed by atoms with Crippen molar-refractivity contribution in [3.63, 3.8) is 0 Å². The summed E-state index contributed by atoms with van der Waals surface area (Å²) in [4.78, 5) is 8.69. The highest BCUT2D eigenvalue weighted by Gasteiger charge is 2.14. The van der Waals surface area contributed by atoms with Crippen LogP contribution in [0.15, 0.2) is 12.1 Å². The second-order valence-electron chi connectivity index (χ2n) is 4.44. The fourth-order valence-electron chi connectivity index (χ4n) is 1.88. The first-order chi connectivity index (χ1) is 10.1. The molecule has 1 N–H and O–H groups in total. The highest BCUT2D eigenvalue weighted by molar-refractivity contribution is 7.00. The van der Waals surface area contributed by atoms with Gasteiger partial charge >= 0.3 is 0 Å². The van der Waals surface area contributed by atoms with Gasteiger partial charge in [0.15, 0.2) is 0 Å². The SMILES string of the molecule is CCc1nc(Cl)c(C)c(Nc2c(Cl)ccc3nsnc23)n1. The largest absolute Gasteiger partial charge is 0.337 e. The molecule has 1 aromatic carbocycles. The summed E-state index contributed by atoms with van der Waals surface area (Å²) in [6.07, 6.45) is 0.699. The van der Waals surface area contributed by atoms with Crippen molar-refractivity contribution < 1.29 is 0 Å². The van der Waals surface area contributed by atoms with Gasteiger partial charge in [-0.05, 0) is 19.1 Å². The Morgan fingerprint density at radius 2 is 2.00 bits per heavy atom. The number of rotatable bonds is 3. The second-order valence-corrected chi connectivity index (χ2v) is 5.73. The van der Waals surface area contributed by atoms with Crippen LogP contribution in [0.4, 0.5) is 11.5 Å². The molecule has 0 saturated carbocycles. The first-order valence-corrected chi connectivity index (χ1v) is 7.79. The van der Waals surface area contributed by atoms with Crippen LogP contribution in [-0.2, 0) is 6.42 Å². The van der Waals surface area contributed by atoms with Crippen LogP contribution in [0.25, 0.3) is 11.0 Å². The van der Waals surface area contributed by atoms with Crippen molar-refractivity contribution in [3.8, 4) is 0 Å². The third-order valence-electron chi connectivity index (χ3n) is 3.07. The summed E-state index contributed by atoms with van der Waals surface area (Å²) in [7, 11) is 0. The van der Waals surface area contributed by atoms with Gasteiger partial charge in [0.25, 0.3) is 0 Å². The Morgan fingerprint density at radius 3 is 2.76 bits per heavy atom. The van der Waals surface area contributed by atoms with Crippen molar-refractivity contribution in [2.24, 2.45) is 0 Å². The molecule has 0 saturated heterocycles. The van der Waals surface area contributed by atoms with Crippen molar-refractivity contribution in [2.75, 3.05) is 5.32 Å². The zero-order chi connectivity index (χ0) is 15.0. The minimum atomic E-state index is 0.434. The van der Waals surface area contributed by atoms with Crippen molar-refractivity contribution in [3.05, 3.63) is 33.7 Å². The van der Waals surface area contributed by atoms with Gasteiger partial charge in [-0.2, -0.15) is 8.75 Å². The third-order valence-corrected chi connectivity index (χ3v) is 4.29. The molecule has 2 heterocycles. The molecular weight excluding hydrogens is 329 g/mol. The quantitative estimate of drug-likeness (QED) is 0.716. The molecule has 0 radical (unpaired) electrons. The Kier molecular flexibility index (Phi) is 3.93. The van der Waals surface area contributed by atoms with Gasteiger partial charge in [0.05, 0.1) is 22.4 Å². The summed E-state index contributed by atoms with van der Waals surface area (Å²) in [6, 6.07) is 3.62. The number of nitrogens with one attached hydrogen (secondary N) is 1. The van der Waals surface area contributed by atoms with E-state index in [1.807, 2.05) is 19.9 Å². The van der Waals surface area contributed by atoms with Gasteiger partial charge in [-0.25, -0.2) is 9.97 Å². The summed E-state index contributed by atoms with van der Waals surface area (Å²) >= 11 is 13.6. The van der Waals surface area contributed by atoms with Crippen LogP contribution in [0, 0.1) is 6.92 Å². The molecule has 0 spiro atoms. The van der Waals surface area contributed by atoms with Crippen LogP contribution in [0.3, 0.4) is 0 Å². The van der Waals surface area contributed by atoms with E-state index >= 15 is 0 Å². The molecule has 0 atom stereocenters. The number of nitrogens with zero attached hydrogens (tertiary/aromatic N) is 4. The smallest absolute Gasteiger partial charge is 0.138 e. The molecule has 0 bridgehead atoms. The van der Waals surface area contributed by atoms with E-state index in [0.717, 1.165) is 28.3 Å². The van der Waals surface area contributed by atoms with Gasteiger partial charge in [0, 0.05) is 12.0 Å². The molecule has 0 fully saturated rings. The predicted octanol–water partition coefficient (Wildman–Crippen LogP) is 4.40. The normalized spacial score (nSPS) is 11.0. The second kappa shape index (κ2) is 5.71. The molecule has 0 amide bonds. The predicted molar refractivity (Wildman–Crippen MR) is 86.9 cm³/mol. The first kappa shape index (κ1) is 14.4. The number of aromatic nitrogens is 4. The van der Waals surface area contributed by atoms with E-state index in [1.165, 1.54) is 0 Å². The van der Waals surface area contributed by atoms with Crippen LogP contribution in [0.2, 0.25) is 10.2 Å². The Morgan fingerprint density at radius 1 is 1.19 bits per heavy atom. The van der Waals surface area contributed by atoms with Gasteiger partial charge in [0.2, 0.25) is 0 Å². The van der Waals surface area contributed by atoms with Gasteiger partial charge in [-0.15, -0.1) is 0 Å². The molecular formula is C13H11Cl2N5S. The number of anilines is 2. The summed E-state index contributed by atoms with van der Waals surface area (Å²) in [6.45, 7) is 3.83. The molecule has 3 rings (SSSR count). The highest BCUT2D eigenvalue weighted by Crippen LogP contribution is 2.33. The Balaban J connectivity index is 2.12. The molecule has 0 unspecified atom stereocenters. The maximum Gasteiger partial charge on any atom is 0.138 e. The van der Waals surface area contributed by atoms with E-state index in [2.05, 4.69) is 24.0 Å². The number of fused-ring (bicyclic) bond motifs is 1. The lowest BCUT2D eigenvalue weighted by Gasteiger charge is -2.12. The zero-order valence-electron chi connectivity index (χ0n) is 11.3. The minimum absolute atomic E-state index is 0.434. The summed E-state index contributed by atoms with van der Waals surface area (Å²) in [5.41, 5.74) is 2.97. The molecule has 0 aliphatic heterocycles. The topological polar surface area (TPSA) is 63.6 Å². The summed E-state index contributed by atoms with van der Waals surface area (Å²) < 4.78 is 8.49. The van der Waals surface area contributed by atoms with Gasteiger partial charge in [-0.1, -0.05) is 30.1 Å². The maximum absolute atomic E-state index is 6.27. The Labute approximate surface area is 135 Å². The van der Waals surface area contributed by atoms with E-state index in [-0.39, 0.29) is 0 Å². The molecule has 0 aliphatic rings. The summed E-state index contributed by atoms with van der Waals surface area (Å²) in [5.74, 6) is 1.31. The maximum atomic E-state index is 6.27. The monoisotopic (exact) mass is 339 g/mol. The lowest BCUT2D eigenvalue weighted by molar-refractivity contribution is 0.934. The highest BCUT2D eigenvalue weighted by atomic mass is 35.5. The number of aryl methyl sites for hydroxylation is 1. The van der Waals surface area contributed by atoms with Crippen LogP contribution in [0.1, 0.15) is 18.3 Å². The molecule has 5 nitrogen and oxygen atoms in total. The third kappa shape index (κ3) is 2.66. The molecule has 2 aromatic heterocycles. The van der Waals surface area contributed by atoms with Crippen molar-refractivity contribution in [1.29, 1.82) is 0 Å². The van der Waals surface area contributed by atoms with Crippen LogP contribution >= 0.6 is 34.9 Å². The molecule has 21 heavy (non-hydrogen) atoms. The Bertz CT molecular complexity index is 818. The molecule has 108 valence electrons. The average Bonchev–Trinajstić information content (AvgIpc) is 2.94. The van der Waals surface area contributed by atoms with Gasteiger partial charge in [0.1, 0.15) is 27.8 Å². The average molecular weight is 340 g/mol. The number of hydrogen-bond donors (Lipinski definition) is 1. The van der Waals surface area contributed by atoms with Crippen molar-refractivity contribution in [2.45, 2.75) is 20.3 Å². The Hall–Kier alpha value is -1.50. The zero-order valence-corrected chi connectivity index (χ0v) is 13.6. The molecule has 0 aliphatic carbocycles. The molecule has 8 heteroatoms. The molecule has 3 aromatic rings. The summed E-state index contributed by atoms with van der Waals surface area (Å²) in [5, 5.41) is 4.21. The number of halogens is 2. The van der Waals surface area contributed by atoms with Crippen LogP contribution in [-0.4, -0.2) is 18.7 Å². The first-order valence-electron chi connectivity index (χ1n) is 6.31. The fourth-order valence-corrected chi connectivity index (χ4v) is 2.81. The van der Waals surface area contributed by atoms with Crippen molar-refractivity contribution in [1.82, 2.24) is 18.7 Å². The van der Waals surface area contributed by atoms with E-state index in [9.17, 15) is 0 Å². The standard InChI is InChI=1S/C13H11Cl2N5S/c1-3-9-16-12(15)6(2)13(17-9)18-10-7(14)4-5-8-11(10)20-21-19-8/h4-5H,3H2,1-2H3,(H,16,17,18). The van der Waals surface area contributed by atoms with Crippen LogP contribution < -0.4 is 5.32 Å². The van der Waals surface area contributed by atoms with Gasteiger partial charge < -0.3 is 5.32 Å². The number of benzene rings is 1. The van der Waals surface area contributed by atoms with Gasteiger partial charge in [-0.3, -0.25) is 0 Å². The lowest BCUT2D eigenvalue weighted by Crippen LogP contribution is -2.03. The fraction of sp³-hybridized carbons (Fsp3) is 0.231. The number of hydrogen-bond acceptors (Lipinski definition) is 6.